The number of anilines is 1. The summed E-state index contributed by atoms with van der Waals surface area (Å²) < 4.78 is 5.48. The van der Waals surface area contributed by atoms with Gasteiger partial charge in [0.1, 0.15) is 5.76 Å². The third-order valence-electron chi connectivity index (χ3n) is 3.41. The number of furan rings is 1. The smallest absolute Gasteiger partial charge is 0.109 e. The Kier molecular flexibility index (Phi) is 2.77. The minimum absolute atomic E-state index is 0.320. The number of fused-ring (bicyclic) bond motifs is 1. The van der Waals surface area contributed by atoms with E-state index < -0.39 is 0 Å². The van der Waals surface area contributed by atoms with Crippen LogP contribution in [0.5, 0.6) is 0 Å². The van der Waals surface area contributed by atoms with Crippen LogP contribution in [-0.2, 0) is 6.42 Å². The summed E-state index contributed by atoms with van der Waals surface area (Å²) in [6.45, 7) is 0. The first-order chi connectivity index (χ1) is 8.86. The van der Waals surface area contributed by atoms with E-state index >= 15 is 0 Å². The highest BCUT2D eigenvalue weighted by atomic mass is 16.3. The fourth-order valence-corrected chi connectivity index (χ4v) is 2.48. The van der Waals surface area contributed by atoms with Crippen molar-refractivity contribution in [2.75, 3.05) is 5.32 Å². The van der Waals surface area contributed by atoms with E-state index in [9.17, 15) is 0 Å². The molecular weight excluding hydrogens is 224 g/mol. The molecule has 1 aliphatic rings. The topological polar surface area (TPSA) is 49.0 Å². The van der Waals surface area contributed by atoms with Gasteiger partial charge in [0.2, 0.25) is 0 Å². The Balaban J connectivity index is 1.80. The van der Waals surface area contributed by atoms with E-state index in [1.807, 2.05) is 24.3 Å². The Morgan fingerprint density at radius 3 is 2.83 bits per heavy atom. The maximum atomic E-state index is 8.77. The molecule has 1 aromatic carbocycles. The van der Waals surface area contributed by atoms with Crippen LogP contribution in [0.25, 0.3) is 0 Å². The van der Waals surface area contributed by atoms with Crippen molar-refractivity contribution < 1.29 is 4.42 Å². The van der Waals surface area contributed by atoms with E-state index in [2.05, 4.69) is 17.5 Å². The number of aryl methyl sites for hydroxylation is 1. The number of nitriles is 1. The zero-order valence-electron chi connectivity index (χ0n) is 10.0. The van der Waals surface area contributed by atoms with E-state index in [1.165, 1.54) is 5.56 Å². The molecule has 1 atom stereocenters. The van der Waals surface area contributed by atoms with Gasteiger partial charge in [0.25, 0.3) is 0 Å². The molecule has 3 heteroatoms. The third kappa shape index (κ3) is 1.98. The first-order valence-electron chi connectivity index (χ1n) is 6.20. The van der Waals surface area contributed by atoms with Gasteiger partial charge in [0.05, 0.1) is 23.9 Å². The molecule has 0 aliphatic heterocycles. The van der Waals surface area contributed by atoms with Crippen LogP contribution in [0.4, 0.5) is 5.69 Å². The van der Waals surface area contributed by atoms with Gasteiger partial charge >= 0.3 is 0 Å². The van der Waals surface area contributed by atoms with Crippen molar-refractivity contribution in [1.82, 2.24) is 0 Å². The molecule has 18 heavy (non-hydrogen) atoms. The molecule has 1 heterocycles. The highest BCUT2D eigenvalue weighted by molar-refractivity contribution is 5.49. The molecule has 0 saturated heterocycles. The molecule has 3 nitrogen and oxygen atoms in total. The lowest BCUT2D eigenvalue weighted by molar-refractivity contribution is 0.461. The maximum Gasteiger partial charge on any atom is 0.109 e. The Labute approximate surface area is 106 Å². The van der Waals surface area contributed by atoms with Crippen LogP contribution in [-0.4, -0.2) is 0 Å². The largest absolute Gasteiger partial charge is 0.469 e. The van der Waals surface area contributed by atoms with Gasteiger partial charge in [-0.1, -0.05) is 0 Å². The normalized spacial score (nSPS) is 17.8. The summed E-state index contributed by atoms with van der Waals surface area (Å²) in [5, 5.41) is 12.3. The van der Waals surface area contributed by atoms with E-state index in [0.717, 1.165) is 30.7 Å². The van der Waals surface area contributed by atoms with Crippen molar-refractivity contribution >= 4 is 5.69 Å². The lowest BCUT2D eigenvalue weighted by Gasteiger charge is -2.23. The number of rotatable bonds is 2. The number of hydrogen-bond donors (Lipinski definition) is 1. The Hall–Kier alpha value is -2.21. The van der Waals surface area contributed by atoms with Crippen LogP contribution in [0.1, 0.15) is 35.8 Å². The molecule has 1 aromatic heterocycles. The fourth-order valence-electron chi connectivity index (χ4n) is 2.48. The van der Waals surface area contributed by atoms with Crippen molar-refractivity contribution in [1.29, 1.82) is 5.26 Å². The van der Waals surface area contributed by atoms with Crippen LogP contribution < -0.4 is 5.32 Å². The van der Waals surface area contributed by atoms with Gasteiger partial charge in [-0.25, -0.2) is 0 Å². The zero-order chi connectivity index (χ0) is 12.4. The monoisotopic (exact) mass is 238 g/mol. The number of benzene rings is 1. The first kappa shape index (κ1) is 10.9. The summed E-state index contributed by atoms with van der Waals surface area (Å²) in [5.41, 5.74) is 3.01. The van der Waals surface area contributed by atoms with Crippen molar-refractivity contribution in [2.45, 2.75) is 25.3 Å². The van der Waals surface area contributed by atoms with Crippen LogP contribution in [0.15, 0.2) is 41.0 Å². The molecular formula is C15H14N2O. The molecule has 0 bridgehead atoms. The molecule has 90 valence electrons. The van der Waals surface area contributed by atoms with Crippen LogP contribution in [0.3, 0.4) is 0 Å². The third-order valence-corrected chi connectivity index (χ3v) is 3.41. The molecule has 2 aromatic rings. The van der Waals surface area contributed by atoms with E-state index in [-0.39, 0.29) is 0 Å². The van der Waals surface area contributed by atoms with Crippen molar-refractivity contribution in [3.63, 3.8) is 0 Å². The van der Waals surface area contributed by atoms with E-state index in [0.29, 0.717) is 11.6 Å². The lowest BCUT2D eigenvalue weighted by atomic mass is 9.93. The lowest BCUT2D eigenvalue weighted by Crippen LogP contribution is -2.15. The number of hydrogen-bond acceptors (Lipinski definition) is 3. The van der Waals surface area contributed by atoms with Gasteiger partial charge in [0.15, 0.2) is 0 Å². The minimum atomic E-state index is 0.320. The van der Waals surface area contributed by atoms with Crippen LogP contribution in [0, 0.1) is 11.3 Å². The van der Waals surface area contributed by atoms with Crippen LogP contribution in [0.2, 0.25) is 0 Å². The predicted octanol–water partition coefficient (Wildman–Crippen LogP) is 3.64. The summed E-state index contributed by atoms with van der Waals surface area (Å²) in [6, 6.07) is 12.1. The maximum absolute atomic E-state index is 8.77. The van der Waals surface area contributed by atoms with Gasteiger partial charge in [-0.05, 0) is 43.2 Å². The number of nitrogens with one attached hydrogen (secondary N) is 1. The first-order valence-corrected chi connectivity index (χ1v) is 6.20. The molecule has 0 radical (unpaired) electrons. The van der Waals surface area contributed by atoms with Crippen molar-refractivity contribution in [3.05, 3.63) is 53.5 Å². The second kappa shape index (κ2) is 4.58. The predicted molar refractivity (Wildman–Crippen MR) is 69.2 cm³/mol. The molecule has 0 amide bonds. The highest BCUT2D eigenvalue weighted by Crippen LogP contribution is 2.33. The molecule has 1 unspecified atom stereocenters. The highest BCUT2D eigenvalue weighted by Gasteiger charge is 2.22. The van der Waals surface area contributed by atoms with Gasteiger partial charge in [-0.3, -0.25) is 0 Å². The SMILES string of the molecule is N#Cc1ccc(NC2CCCc3occc32)cc1. The summed E-state index contributed by atoms with van der Waals surface area (Å²) in [4.78, 5) is 0. The summed E-state index contributed by atoms with van der Waals surface area (Å²) >= 11 is 0. The van der Waals surface area contributed by atoms with Crippen LogP contribution >= 0.6 is 0 Å². The molecule has 0 spiro atoms. The second-order valence-corrected chi connectivity index (χ2v) is 4.58. The second-order valence-electron chi connectivity index (χ2n) is 4.58. The zero-order valence-corrected chi connectivity index (χ0v) is 10.0. The molecule has 1 aliphatic carbocycles. The fraction of sp³-hybridized carbons (Fsp3) is 0.267. The minimum Gasteiger partial charge on any atom is -0.469 e. The summed E-state index contributed by atoms with van der Waals surface area (Å²) in [5.74, 6) is 1.10. The molecule has 1 N–H and O–H groups in total. The molecule has 0 fully saturated rings. The number of nitrogens with zero attached hydrogens (tertiary/aromatic N) is 1. The van der Waals surface area contributed by atoms with E-state index in [1.54, 1.807) is 6.26 Å². The quantitative estimate of drug-likeness (QED) is 0.868. The average Bonchev–Trinajstić information content (AvgIpc) is 2.89. The van der Waals surface area contributed by atoms with Gasteiger partial charge < -0.3 is 9.73 Å². The summed E-state index contributed by atoms with van der Waals surface area (Å²) in [6.07, 6.45) is 5.07. The standard InChI is InChI=1S/C15H14N2O/c16-10-11-4-6-12(7-5-11)17-14-2-1-3-15-13(14)8-9-18-15/h4-9,14,17H,1-3H2. The van der Waals surface area contributed by atoms with E-state index in [4.69, 9.17) is 9.68 Å². The molecule has 3 rings (SSSR count). The van der Waals surface area contributed by atoms with Gasteiger partial charge in [-0.15, -0.1) is 0 Å². The summed E-state index contributed by atoms with van der Waals surface area (Å²) in [7, 11) is 0. The van der Waals surface area contributed by atoms with Gasteiger partial charge in [0, 0.05) is 17.7 Å². The van der Waals surface area contributed by atoms with Gasteiger partial charge in [-0.2, -0.15) is 5.26 Å². The average molecular weight is 238 g/mol. The van der Waals surface area contributed by atoms with Crippen molar-refractivity contribution in [2.24, 2.45) is 0 Å². The molecule has 0 saturated carbocycles. The Morgan fingerprint density at radius 1 is 1.22 bits per heavy atom. The Bertz CT molecular complexity index is 577. The van der Waals surface area contributed by atoms with Crippen molar-refractivity contribution in [3.8, 4) is 6.07 Å². The Morgan fingerprint density at radius 2 is 2.06 bits per heavy atom.